The Bertz CT molecular complexity index is 1180. The van der Waals surface area contributed by atoms with Gasteiger partial charge in [0, 0.05) is 63.6 Å². The molecule has 0 aromatic carbocycles. The molecule has 0 aromatic heterocycles. The molecule has 0 bridgehead atoms. The van der Waals surface area contributed by atoms with Crippen molar-refractivity contribution in [2.45, 2.75) is 120 Å². The van der Waals surface area contributed by atoms with Crippen LogP contribution in [0, 0.1) is 21.7 Å². The number of hydrogen-bond acceptors (Lipinski definition) is 6. The molecule has 1 fully saturated rings. The number of aliphatic hydroxyl groups excluding tert-OH is 2. The number of carbonyl (C=O) groups is 2. The number of hydrogen-bond donors (Lipinski definition) is 4. The van der Waals surface area contributed by atoms with Crippen molar-refractivity contribution in [1.82, 2.24) is 10.6 Å². The molecule has 4 atom stereocenters. The molecule has 7 heteroatoms. The van der Waals surface area contributed by atoms with Crippen LogP contribution in [0.5, 0.6) is 0 Å². The van der Waals surface area contributed by atoms with Crippen LogP contribution in [0.15, 0.2) is 70.1 Å². The number of ketones is 2. The molecule has 1 radical (unpaired) electrons. The molecule has 0 saturated heterocycles. The Morgan fingerprint density at radius 2 is 0.884 bits per heavy atom. The molecule has 0 amide bonds. The first-order valence-corrected chi connectivity index (χ1v) is 15.3. The van der Waals surface area contributed by atoms with Gasteiger partial charge in [0.05, 0.1) is 12.2 Å². The minimum absolute atomic E-state index is 0. The molecule has 0 unspecified atom stereocenters. The quantitative estimate of drug-likeness (QED) is 0.273. The van der Waals surface area contributed by atoms with Crippen LogP contribution < -0.4 is 10.6 Å². The Labute approximate surface area is 270 Å². The van der Waals surface area contributed by atoms with Crippen LogP contribution in [0.4, 0.5) is 0 Å². The summed E-state index contributed by atoms with van der Waals surface area (Å²) in [6, 6.07) is -0.558. The van der Waals surface area contributed by atoms with Crippen molar-refractivity contribution >= 4 is 11.6 Å². The molecule has 0 spiro atoms. The van der Waals surface area contributed by atoms with Gasteiger partial charge >= 0.3 is 0 Å². The summed E-state index contributed by atoms with van der Waals surface area (Å²) in [6.45, 7) is 25.1. The van der Waals surface area contributed by atoms with Gasteiger partial charge in [-0.3, -0.25) is 9.59 Å². The molecule has 0 aliphatic heterocycles. The van der Waals surface area contributed by atoms with Crippen LogP contribution in [0.2, 0.25) is 0 Å². The van der Waals surface area contributed by atoms with E-state index in [0.717, 1.165) is 22.3 Å². The predicted molar refractivity (Wildman–Crippen MR) is 171 cm³/mol. The standard InChI is InChI=1S/C36H54N2O4.Co/c1-33(2,3)23-13-21(31(41)25(15-23)35(7,8)9)19-37-27-17-29(39)30(40)18-28(27)38-20-22-14-24(34(4,5)6)16-26(32(22)42)36(10,11)12;/h13-16,19-20,27-30,37-40H,17-18H2,1-12H3;/b21-19-,22-20-;/t27-,28+,29+,30-;. The average molecular weight is 638 g/mol. The van der Waals surface area contributed by atoms with Crippen molar-refractivity contribution in [3.63, 3.8) is 0 Å². The number of allylic oxidation sites excluding steroid dienone is 10. The van der Waals surface area contributed by atoms with Crippen molar-refractivity contribution in [3.05, 3.63) is 70.1 Å². The molecule has 241 valence electrons. The van der Waals surface area contributed by atoms with E-state index in [1.807, 2.05) is 65.8 Å². The SMILES string of the molecule is CC(C)(C)C1=C/C(=C/N[C@H]2C[C@@H](O)[C@@H](O)C[C@H]2N/C=C2/C=C(C(C)(C)C)C=C(C(C)(C)C)C2=O)C(=O)C(C(C)(C)C)=C1.[Co]. The zero-order chi connectivity index (χ0) is 32.0. The normalized spacial score (nSPS) is 27.7. The Hall–Kier alpha value is -2.19. The molecule has 3 aliphatic rings. The molecule has 1 saturated carbocycles. The summed E-state index contributed by atoms with van der Waals surface area (Å²) in [6.07, 6.45) is 10.3. The summed E-state index contributed by atoms with van der Waals surface area (Å²) < 4.78 is 0. The second-order valence-corrected chi connectivity index (χ2v) is 16.3. The Balaban J connectivity index is 0.00000645. The third-order valence-corrected chi connectivity index (χ3v) is 8.41. The number of nitrogens with one attached hydrogen (secondary N) is 2. The Morgan fingerprint density at radius 3 is 1.14 bits per heavy atom. The molecular formula is C36H54CoN2O4. The van der Waals surface area contributed by atoms with Gasteiger partial charge in [0.25, 0.3) is 0 Å². The third-order valence-electron chi connectivity index (χ3n) is 8.41. The minimum atomic E-state index is -0.890. The first-order valence-electron chi connectivity index (χ1n) is 15.3. The van der Waals surface area contributed by atoms with Gasteiger partial charge in [-0.05, 0) is 57.8 Å². The fraction of sp³-hybridized carbons (Fsp3) is 0.611. The van der Waals surface area contributed by atoms with Crippen molar-refractivity contribution in [1.29, 1.82) is 0 Å². The van der Waals surface area contributed by atoms with Crippen LogP contribution in [0.25, 0.3) is 0 Å². The van der Waals surface area contributed by atoms with E-state index >= 15 is 0 Å². The summed E-state index contributed by atoms with van der Waals surface area (Å²) in [5, 5.41) is 27.9. The summed E-state index contributed by atoms with van der Waals surface area (Å²) in [7, 11) is 0. The van der Waals surface area contributed by atoms with E-state index < -0.39 is 12.2 Å². The molecular weight excluding hydrogens is 583 g/mol. The van der Waals surface area contributed by atoms with Gasteiger partial charge < -0.3 is 20.8 Å². The largest absolute Gasteiger partial charge is 0.390 e. The zero-order valence-electron chi connectivity index (χ0n) is 28.2. The maximum absolute atomic E-state index is 13.5. The smallest absolute Gasteiger partial charge is 0.191 e. The van der Waals surface area contributed by atoms with E-state index in [1.165, 1.54) is 0 Å². The molecule has 3 aliphatic carbocycles. The van der Waals surface area contributed by atoms with Crippen molar-refractivity contribution < 1.29 is 36.6 Å². The van der Waals surface area contributed by atoms with E-state index in [-0.39, 0.29) is 62.1 Å². The summed E-state index contributed by atoms with van der Waals surface area (Å²) in [4.78, 5) is 27.0. The summed E-state index contributed by atoms with van der Waals surface area (Å²) in [5.74, 6) is -0.0275. The van der Waals surface area contributed by atoms with Crippen LogP contribution in [0.1, 0.15) is 95.9 Å². The van der Waals surface area contributed by atoms with E-state index in [9.17, 15) is 19.8 Å². The summed E-state index contributed by atoms with van der Waals surface area (Å²) in [5.41, 5.74) is 3.95. The molecule has 0 aromatic rings. The van der Waals surface area contributed by atoms with E-state index in [4.69, 9.17) is 0 Å². The second kappa shape index (κ2) is 13.0. The molecule has 0 heterocycles. The molecule has 43 heavy (non-hydrogen) atoms. The van der Waals surface area contributed by atoms with E-state index in [2.05, 4.69) is 52.2 Å². The Morgan fingerprint density at radius 1 is 0.581 bits per heavy atom. The third kappa shape index (κ3) is 8.93. The van der Waals surface area contributed by atoms with Gasteiger partial charge in [0.2, 0.25) is 0 Å². The monoisotopic (exact) mass is 637 g/mol. The first kappa shape index (κ1) is 37.0. The number of Topliss-reactive ketones (excluding diaryl/α,β-unsaturated/α-hetero) is 2. The van der Waals surface area contributed by atoms with Crippen molar-refractivity contribution in [2.24, 2.45) is 21.7 Å². The van der Waals surface area contributed by atoms with Crippen molar-refractivity contribution in [3.8, 4) is 0 Å². The van der Waals surface area contributed by atoms with Gasteiger partial charge in [0.1, 0.15) is 0 Å². The van der Waals surface area contributed by atoms with Gasteiger partial charge in [-0.25, -0.2) is 0 Å². The average Bonchev–Trinajstić information content (AvgIpc) is 2.82. The second-order valence-electron chi connectivity index (χ2n) is 16.3. The number of aliphatic hydroxyl groups is 2. The predicted octanol–water partition coefficient (Wildman–Crippen LogP) is 6.24. The van der Waals surface area contributed by atoms with Crippen LogP contribution in [-0.4, -0.2) is 46.1 Å². The van der Waals surface area contributed by atoms with Crippen molar-refractivity contribution in [2.75, 3.05) is 0 Å². The van der Waals surface area contributed by atoms with Gasteiger partial charge in [-0.1, -0.05) is 95.2 Å². The van der Waals surface area contributed by atoms with Gasteiger partial charge in [0.15, 0.2) is 11.6 Å². The maximum atomic E-state index is 13.5. The topological polar surface area (TPSA) is 98.7 Å². The fourth-order valence-corrected chi connectivity index (χ4v) is 5.42. The first-order chi connectivity index (χ1) is 19.0. The number of carbonyl (C=O) groups excluding carboxylic acids is 2. The van der Waals surface area contributed by atoms with Crippen LogP contribution in [-0.2, 0) is 26.4 Å². The summed E-state index contributed by atoms with van der Waals surface area (Å²) >= 11 is 0. The number of rotatable bonds is 4. The maximum Gasteiger partial charge on any atom is 0.191 e. The Kier molecular flexibility index (Phi) is 11.2. The minimum Gasteiger partial charge on any atom is -0.390 e. The van der Waals surface area contributed by atoms with Crippen LogP contribution >= 0.6 is 0 Å². The van der Waals surface area contributed by atoms with Gasteiger partial charge in [-0.2, -0.15) is 0 Å². The molecule has 6 nitrogen and oxygen atoms in total. The fourth-order valence-electron chi connectivity index (χ4n) is 5.42. The van der Waals surface area contributed by atoms with E-state index in [1.54, 1.807) is 12.4 Å². The zero-order valence-corrected chi connectivity index (χ0v) is 29.3. The molecule has 3 rings (SSSR count). The molecule has 4 N–H and O–H groups in total. The van der Waals surface area contributed by atoms with Gasteiger partial charge in [-0.15, -0.1) is 0 Å². The van der Waals surface area contributed by atoms with Crippen LogP contribution in [0.3, 0.4) is 0 Å². The van der Waals surface area contributed by atoms with E-state index in [0.29, 0.717) is 24.0 Å².